The van der Waals surface area contributed by atoms with E-state index in [9.17, 15) is 4.79 Å². The Morgan fingerprint density at radius 2 is 2.19 bits per heavy atom. The van der Waals surface area contributed by atoms with E-state index in [1.165, 1.54) is 12.4 Å². The van der Waals surface area contributed by atoms with Gasteiger partial charge in [-0.25, -0.2) is 10.4 Å². The second kappa shape index (κ2) is 7.10. The summed E-state index contributed by atoms with van der Waals surface area (Å²) in [5, 5.41) is 4.61. The van der Waals surface area contributed by atoms with Gasteiger partial charge in [0.15, 0.2) is 0 Å². The van der Waals surface area contributed by atoms with Crippen molar-refractivity contribution in [3.63, 3.8) is 0 Å². The molecule has 2 rings (SSSR count). The number of nitrogens with zero attached hydrogens (tertiary/aromatic N) is 2. The molecule has 1 heterocycles. The van der Waals surface area contributed by atoms with Crippen LogP contribution in [-0.4, -0.2) is 23.7 Å². The molecule has 2 aromatic rings. The summed E-state index contributed by atoms with van der Waals surface area (Å²) in [5.41, 5.74) is 2.76. The largest absolute Gasteiger partial charge is 0.464 e. The first-order valence-electron chi connectivity index (χ1n) is 5.98. The lowest BCUT2D eigenvalue weighted by Gasteiger charge is -2.00. The molecule has 0 saturated heterocycles. The summed E-state index contributed by atoms with van der Waals surface area (Å²) in [6.07, 6.45) is 2.65. The number of carbonyl (C=O) groups excluding carboxylic acids is 1. The molecule has 1 amide bonds. The van der Waals surface area contributed by atoms with Crippen LogP contribution in [0.4, 0.5) is 0 Å². The van der Waals surface area contributed by atoms with E-state index < -0.39 is 5.91 Å². The van der Waals surface area contributed by atoms with Crippen LogP contribution in [0.1, 0.15) is 23.2 Å². The Hall–Kier alpha value is -2.05. The van der Waals surface area contributed by atoms with Crippen molar-refractivity contribution in [1.29, 1.82) is 0 Å². The van der Waals surface area contributed by atoms with Crippen molar-refractivity contribution in [2.24, 2.45) is 5.10 Å². The van der Waals surface area contributed by atoms with Gasteiger partial charge in [0.2, 0.25) is 0 Å². The molecule has 110 valence electrons. The lowest BCUT2D eigenvalue weighted by Crippen LogP contribution is -2.17. The minimum atomic E-state index is -0.611. The third-order valence-corrected chi connectivity index (χ3v) is 2.98. The molecule has 0 fully saturated rings. The van der Waals surface area contributed by atoms with Gasteiger partial charge in [-0.3, -0.25) is 4.79 Å². The van der Waals surface area contributed by atoms with Crippen LogP contribution >= 0.6 is 23.2 Å². The van der Waals surface area contributed by atoms with E-state index in [0.29, 0.717) is 22.2 Å². The van der Waals surface area contributed by atoms with E-state index in [1.807, 2.05) is 0 Å². The fourth-order valence-electron chi connectivity index (χ4n) is 1.41. The molecule has 21 heavy (non-hydrogen) atoms. The summed E-state index contributed by atoms with van der Waals surface area (Å²) < 4.78 is 10.1. The van der Waals surface area contributed by atoms with Gasteiger partial charge in [-0.15, -0.1) is 0 Å². The Labute approximate surface area is 130 Å². The number of ether oxygens (including phenoxy) is 1. The number of rotatable bonds is 5. The SMILES string of the molecule is CCOc1cnc(C(=O)N/N=C/c2c(Cl)cccc2Cl)o1. The smallest absolute Gasteiger partial charge is 0.327 e. The fraction of sp³-hybridized carbons (Fsp3) is 0.154. The zero-order valence-corrected chi connectivity index (χ0v) is 12.5. The maximum absolute atomic E-state index is 11.7. The Balaban J connectivity index is 2.01. The minimum Gasteiger partial charge on any atom is -0.464 e. The summed E-state index contributed by atoms with van der Waals surface area (Å²) >= 11 is 11.9. The third-order valence-electron chi connectivity index (χ3n) is 2.32. The summed E-state index contributed by atoms with van der Waals surface area (Å²) in [7, 11) is 0. The van der Waals surface area contributed by atoms with Crippen LogP contribution in [0.5, 0.6) is 5.95 Å². The zero-order valence-electron chi connectivity index (χ0n) is 11.0. The zero-order chi connectivity index (χ0) is 15.2. The Kier molecular flexibility index (Phi) is 5.19. The molecule has 1 aromatic heterocycles. The Morgan fingerprint density at radius 1 is 1.48 bits per heavy atom. The van der Waals surface area contributed by atoms with Crippen molar-refractivity contribution in [2.45, 2.75) is 6.92 Å². The van der Waals surface area contributed by atoms with Crippen molar-refractivity contribution in [3.05, 3.63) is 45.9 Å². The number of oxazole rings is 1. The van der Waals surface area contributed by atoms with Crippen LogP contribution < -0.4 is 10.2 Å². The van der Waals surface area contributed by atoms with Crippen molar-refractivity contribution in [2.75, 3.05) is 6.61 Å². The van der Waals surface area contributed by atoms with Crippen LogP contribution in [0.25, 0.3) is 0 Å². The van der Waals surface area contributed by atoms with Crippen LogP contribution in [0.3, 0.4) is 0 Å². The molecule has 0 aliphatic carbocycles. The monoisotopic (exact) mass is 327 g/mol. The van der Waals surface area contributed by atoms with E-state index in [4.69, 9.17) is 32.4 Å². The second-order valence-corrected chi connectivity index (χ2v) is 4.57. The van der Waals surface area contributed by atoms with Crippen molar-refractivity contribution >= 4 is 35.3 Å². The molecule has 1 aromatic carbocycles. The number of hydrogen-bond donors (Lipinski definition) is 1. The maximum Gasteiger partial charge on any atom is 0.327 e. The molecule has 0 spiro atoms. The van der Waals surface area contributed by atoms with E-state index in [0.717, 1.165) is 0 Å². The molecule has 0 aliphatic heterocycles. The van der Waals surface area contributed by atoms with Crippen LogP contribution in [0.2, 0.25) is 10.0 Å². The predicted molar refractivity (Wildman–Crippen MR) is 79.2 cm³/mol. The highest BCUT2D eigenvalue weighted by Gasteiger charge is 2.13. The summed E-state index contributed by atoms with van der Waals surface area (Å²) in [5.74, 6) is -0.595. The van der Waals surface area contributed by atoms with Gasteiger partial charge in [0.25, 0.3) is 5.89 Å². The summed E-state index contributed by atoms with van der Waals surface area (Å²) in [4.78, 5) is 15.5. The Morgan fingerprint density at radius 3 is 2.86 bits per heavy atom. The summed E-state index contributed by atoms with van der Waals surface area (Å²) in [6, 6.07) is 5.04. The van der Waals surface area contributed by atoms with Gasteiger partial charge in [-0.2, -0.15) is 5.10 Å². The quantitative estimate of drug-likeness (QED) is 0.676. The van der Waals surface area contributed by atoms with Gasteiger partial charge in [-0.05, 0) is 19.1 Å². The van der Waals surface area contributed by atoms with Gasteiger partial charge in [0.1, 0.15) is 6.20 Å². The molecule has 0 saturated carbocycles. The Bertz CT molecular complexity index is 650. The van der Waals surface area contributed by atoms with Crippen LogP contribution in [0.15, 0.2) is 33.9 Å². The third kappa shape index (κ3) is 3.96. The fourth-order valence-corrected chi connectivity index (χ4v) is 1.91. The number of halogens is 2. The lowest BCUT2D eigenvalue weighted by atomic mass is 10.2. The van der Waals surface area contributed by atoms with E-state index in [2.05, 4.69) is 15.5 Å². The maximum atomic E-state index is 11.7. The number of nitrogens with one attached hydrogen (secondary N) is 1. The molecule has 1 N–H and O–H groups in total. The molecule has 8 heteroatoms. The molecule has 0 unspecified atom stereocenters. The number of aromatic nitrogens is 1. The molecule has 0 radical (unpaired) electrons. The molecule has 0 bridgehead atoms. The van der Waals surface area contributed by atoms with Crippen LogP contribution in [0, 0.1) is 0 Å². The molecular formula is C13H11Cl2N3O3. The van der Waals surface area contributed by atoms with Gasteiger partial charge in [0.05, 0.1) is 22.9 Å². The predicted octanol–water partition coefficient (Wildman–Crippen LogP) is 3.14. The first-order chi connectivity index (χ1) is 10.1. The molecule has 0 aliphatic rings. The van der Waals surface area contributed by atoms with E-state index >= 15 is 0 Å². The molecule has 6 nitrogen and oxygen atoms in total. The van der Waals surface area contributed by atoms with Crippen molar-refractivity contribution in [1.82, 2.24) is 10.4 Å². The van der Waals surface area contributed by atoms with Gasteiger partial charge in [-0.1, -0.05) is 29.3 Å². The van der Waals surface area contributed by atoms with Crippen molar-refractivity contribution in [3.8, 4) is 5.95 Å². The normalized spacial score (nSPS) is 10.8. The lowest BCUT2D eigenvalue weighted by molar-refractivity contribution is 0.0912. The minimum absolute atomic E-state index is 0.152. The standard InChI is InChI=1S/C13H11Cl2N3O3/c1-2-20-11-7-16-13(21-11)12(19)18-17-6-8-9(14)4-3-5-10(8)15/h3-7H,2H2,1H3,(H,18,19)/b17-6+. The van der Waals surface area contributed by atoms with Crippen molar-refractivity contribution < 1.29 is 13.9 Å². The number of benzene rings is 1. The number of hydrazone groups is 1. The highest BCUT2D eigenvalue weighted by Crippen LogP contribution is 2.22. The van der Waals surface area contributed by atoms with E-state index in [-0.39, 0.29) is 11.8 Å². The van der Waals surface area contributed by atoms with Gasteiger partial charge >= 0.3 is 11.9 Å². The average Bonchev–Trinajstić information content (AvgIpc) is 2.91. The number of hydrogen-bond acceptors (Lipinski definition) is 5. The highest BCUT2D eigenvalue weighted by molar-refractivity contribution is 6.38. The topological polar surface area (TPSA) is 76.7 Å². The number of amides is 1. The first-order valence-corrected chi connectivity index (χ1v) is 6.73. The number of carbonyl (C=O) groups is 1. The summed E-state index contributed by atoms with van der Waals surface area (Å²) in [6.45, 7) is 2.21. The first kappa shape index (κ1) is 15.3. The van der Waals surface area contributed by atoms with Gasteiger partial charge in [0, 0.05) is 5.56 Å². The highest BCUT2D eigenvalue weighted by atomic mass is 35.5. The van der Waals surface area contributed by atoms with Crippen LogP contribution in [-0.2, 0) is 0 Å². The van der Waals surface area contributed by atoms with Gasteiger partial charge < -0.3 is 9.15 Å². The second-order valence-electron chi connectivity index (χ2n) is 3.75. The van der Waals surface area contributed by atoms with E-state index in [1.54, 1.807) is 25.1 Å². The molecule has 0 atom stereocenters. The molecular weight excluding hydrogens is 317 g/mol. The average molecular weight is 328 g/mol.